The van der Waals surface area contributed by atoms with Gasteiger partial charge in [0, 0.05) is 11.7 Å². The van der Waals surface area contributed by atoms with Gasteiger partial charge in [0.2, 0.25) is 0 Å². The Hall–Kier alpha value is -2.14. The van der Waals surface area contributed by atoms with Gasteiger partial charge in [0.1, 0.15) is 11.4 Å². The van der Waals surface area contributed by atoms with E-state index in [9.17, 15) is 5.11 Å². The average molecular weight is 243 g/mol. The monoisotopic (exact) mass is 243 g/mol. The zero-order valence-corrected chi connectivity index (χ0v) is 10.00. The summed E-state index contributed by atoms with van der Waals surface area (Å²) in [7, 11) is 0. The molecule has 3 rings (SSSR count). The van der Waals surface area contributed by atoms with Crippen LogP contribution in [0.15, 0.2) is 35.1 Å². The second kappa shape index (κ2) is 4.27. The van der Waals surface area contributed by atoms with Crippen LogP contribution in [0.25, 0.3) is 10.9 Å². The van der Waals surface area contributed by atoms with Crippen molar-refractivity contribution in [2.24, 2.45) is 0 Å². The van der Waals surface area contributed by atoms with Crippen LogP contribution < -0.4 is 0 Å². The molecule has 5 nitrogen and oxygen atoms in total. The molecule has 0 bridgehead atoms. The van der Waals surface area contributed by atoms with Gasteiger partial charge in [-0.05, 0) is 30.0 Å². The number of aromatic nitrogens is 3. The number of aliphatic hydroxyl groups is 1. The molecule has 0 aliphatic rings. The molecule has 0 aliphatic heterocycles. The largest absolute Gasteiger partial charge is 0.392 e. The Labute approximate surface area is 104 Å². The molecule has 3 aromatic rings. The van der Waals surface area contributed by atoms with Gasteiger partial charge in [-0.3, -0.25) is 0 Å². The van der Waals surface area contributed by atoms with Gasteiger partial charge in [-0.1, -0.05) is 22.4 Å². The predicted octanol–water partition coefficient (Wildman–Crippen LogP) is 1.87. The van der Waals surface area contributed by atoms with Crippen molar-refractivity contribution in [1.29, 1.82) is 0 Å². The average Bonchev–Trinajstić information content (AvgIpc) is 2.97. The number of nitrogens with zero attached hydrogens (tertiary/aromatic N) is 3. The Morgan fingerprint density at radius 3 is 2.89 bits per heavy atom. The number of aliphatic hydroxyl groups excluding tert-OH is 1. The molecular weight excluding hydrogens is 230 g/mol. The summed E-state index contributed by atoms with van der Waals surface area (Å²) in [5.41, 5.74) is 3.60. The highest BCUT2D eigenvalue weighted by Gasteiger charge is 2.08. The number of hydrogen-bond acceptors (Lipinski definition) is 4. The maximum Gasteiger partial charge on any atom is 0.127 e. The lowest BCUT2D eigenvalue weighted by atomic mass is 10.2. The van der Waals surface area contributed by atoms with Gasteiger partial charge in [0.15, 0.2) is 0 Å². The molecular formula is C13H13N3O2. The molecule has 0 saturated heterocycles. The summed E-state index contributed by atoms with van der Waals surface area (Å²) in [6, 6.07) is 7.96. The molecule has 0 unspecified atom stereocenters. The highest BCUT2D eigenvalue weighted by molar-refractivity contribution is 5.80. The fraction of sp³-hybridized carbons (Fsp3) is 0.231. The van der Waals surface area contributed by atoms with Crippen molar-refractivity contribution in [3.05, 3.63) is 47.4 Å². The first-order valence-electron chi connectivity index (χ1n) is 5.74. The first kappa shape index (κ1) is 11.0. The van der Waals surface area contributed by atoms with Crippen LogP contribution in [0.1, 0.15) is 17.0 Å². The van der Waals surface area contributed by atoms with E-state index in [4.69, 9.17) is 4.63 Å². The zero-order valence-electron chi connectivity index (χ0n) is 10.00. The van der Waals surface area contributed by atoms with Crippen LogP contribution in [0.3, 0.4) is 0 Å². The minimum atomic E-state index is 0.0473. The highest BCUT2D eigenvalue weighted by atomic mass is 16.6. The van der Waals surface area contributed by atoms with Crippen molar-refractivity contribution >= 4 is 10.9 Å². The Morgan fingerprint density at radius 1 is 1.28 bits per heavy atom. The summed E-state index contributed by atoms with van der Waals surface area (Å²) >= 11 is 0. The SMILES string of the molecule is Cc1nonc1Cn1ccc2ccc(CO)cc21. The quantitative estimate of drug-likeness (QED) is 0.762. The summed E-state index contributed by atoms with van der Waals surface area (Å²) < 4.78 is 6.77. The third-order valence-electron chi connectivity index (χ3n) is 3.09. The molecule has 0 fully saturated rings. The van der Waals surface area contributed by atoms with Gasteiger partial charge in [-0.15, -0.1) is 0 Å². The summed E-state index contributed by atoms with van der Waals surface area (Å²) in [5, 5.41) is 18.0. The van der Waals surface area contributed by atoms with Crippen LogP contribution in [0.2, 0.25) is 0 Å². The van der Waals surface area contributed by atoms with E-state index in [2.05, 4.69) is 14.9 Å². The Kier molecular flexibility index (Phi) is 2.60. The van der Waals surface area contributed by atoms with Crippen LogP contribution in [-0.4, -0.2) is 20.0 Å². The van der Waals surface area contributed by atoms with E-state index in [-0.39, 0.29) is 6.61 Å². The van der Waals surface area contributed by atoms with Crippen molar-refractivity contribution in [1.82, 2.24) is 14.9 Å². The van der Waals surface area contributed by atoms with Gasteiger partial charge in [-0.2, -0.15) is 0 Å². The summed E-state index contributed by atoms with van der Waals surface area (Å²) in [5.74, 6) is 0. The zero-order chi connectivity index (χ0) is 12.5. The van der Waals surface area contributed by atoms with E-state index in [0.29, 0.717) is 6.54 Å². The molecule has 2 heterocycles. The Bertz CT molecular complexity index is 684. The lowest BCUT2D eigenvalue weighted by molar-refractivity contribution is 0.282. The highest BCUT2D eigenvalue weighted by Crippen LogP contribution is 2.19. The number of benzene rings is 1. The molecule has 18 heavy (non-hydrogen) atoms. The second-order valence-electron chi connectivity index (χ2n) is 4.29. The number of fused-ring (bicyclic) bond motifs is 1. The molecule has 0 radical (unpaired) electrons. The van der Waals surface area contributed by atoms with Gasteiger partial charge in [0.25, 0.3) is 0 Å². The molecule has 1 aromatic carbocycles. The Balaban J connectivity index is 2.04. The first-order chi connectivity index (χ1) is 8.78. The predicted molar refractivity (Wildman–Crippen MR) is 66.0 cm³/mol. The number of aryl methyl sites for hydroxylation is 1. The summed E-state index contributed by atoms with van der Waals surface area (Å²) in [6.45, 7) is 2.54. The lowest BCUT2D eigenvalue weighted by Crippen LogP contribution is -2.00. The summed E-state index contributed by atoms with van der Waals surface area (Å²) in [4.78, 5) is 0. The lowest BCUT2D eigenvalue weighted by Gasteiger charge is -2.04. The van der Waals surface area contributed by atoms with Gasteiger partial charge >= 0.3 is 0 Å². The van der Waals surface area contributed by atoms with Crippen molar-refractivity contribution in [2.75, 3.05) is 0 Å². The smallest absolute Gasteiger partial charge is 0.127 e. The number of rotatable bonds is 3. The molecule has 5 heteroatoms. The van der Waals surface area contributed by atoms with E-state index in [0.717, 1.165) is 27.9 Å². The molecule has 0 amide bonds. The van der Waals surface area contributed by atoms with Crippen molar-refractivity contribution in [2.45, 2.75) is 20.1 Å². The van der Waals surface area contributed by atoms with E-state index < -0.39 is 0 Å². The van der Waals surface area contributed by atoms with Crippen LogP contribution in [-0.2, 0) is 13.2 Å². The standard InChI is InChI=1S/C13H13N3O2/c1-9-12(15-18-14-9)7-16-5-4-11-3-2-10(8-17)6-13(11)16/h2-6,17H,7-8H2,1H3. The fourth-order valence-corrected chi connectivity index (χ4v) is 2.02. The van der Waals surface area contributed by atoms with Crippen molar-refractivity contribution in [3.63, 3.8) is 0 Å². The number of hydrogen-bond donors (Lipinski definition) is 1. The molecule has 92 valence electrons. The van der Waals surface area contributed by atoms with Gasteiger partial charge in [-0.25, -0.2) is 4.63 Å². The van der Waals surface area contributed by atoms with E-state index >= 15 is 0 Å². The normalized spacial score (nSPS) is 11.2. The molecule has 0 aliphatic carbocycles. The Morgan fingerprint density at radius 2 is 2.17 bits per heavy atom. The van der Waals surface area contributed by atoms with E-state index in [1.165, 1.54) is 0 Å². The summed E-state index contributed by atoms with van der Waals surface area (Å²) in [6.07, 6.45) is 2.00. The molecule has 0 atom stereocenters. The third kappa shape index (κ3) is 1.78. The third-order valence-corrected chi connectivity index (χ3v) is 3.09. The van der Waals surface area contributed by atoms with E-state index in [1.54, 1.807) is 0 Å². The second-order valence-corrected chi connectivity index (χ2v) is 4.29. The molecule has 1 N–H and O–H groups in total. The topological polar surface area (TPSA) is 64.1 Å². The fourth-order valence-electron chi connectivity index (χ4n) is 2.02. The van der Waals surface area contributed by atoms with E-state index in [1.807, 2.05) is 37.4 Å². The first-order valence-corrected chi connectivity index (χ1v) is 5.74. The van der Waals surface area contributed by atoms with Gasteiger partial charge in [0.05, 0.1) is 13.2 Å². The maximum atomic E-state index is 9.18. The molecule has 2 aromatic heterocycles. The van der Waals surface area contributed by atoms with Crippen molar-refractivity contribution in [3.8, 4) is 0 Å². The van der Waals surface area contributed by atoms with Gasteiger partial charge < -0.3 is 9.67 Å². The minimum Gasteiger partial charge on any atom is -0.392 e. The minimum absolute atomic E-state index is 0.0473. The van der Waals surface area contributed by atoms with Crippen molar-refractivity contribution < 1.29 is 9.74 Å². The van der Waals surface area contributed by atoms with Crippen LogP contribution in [0.5, 0.6) is 0 Å². The molecule has 0 spiro atoms. The molecule has 0 saturated carbocycles. The van der Waals surface area contributed by atoms with Crippen LogP contribution in [0.4, 0.5) is 0 Å². The van der Waals surface area contributed by atoms with Crippen LogP contribution in [0, 0.1) is 6.92 Å². The maximum absolute atomic E-state index is 9.18. The van der Waals surface area contributed by atoms with Crippen LogP contribution >= 0.6 is 0 Å².